The molecule has 0 fully saturated rings. The molecule has 0 unspecified atom stereocenters. The van der Waals surface area contributed by atoms with E-state index in [2.05, 4.69) is 5.32 Å². The standard InChI is InChI=1S/C13H20N2OS/c1-10-3-5-11(6-4-10)9-15-13(16)12(14)7-8-17-2/h3-6,12H,7-9,14H2,1-2H3,(H,15,16)/t12-/m0/s1. The number of nitrogens with two attached hydrogens (primary N) is 1. The lowest BCUT2D eigenvalue weighted by Crippen LogP contribution is -2.40. The van der Waals surface area contributed by atoms with Crippen LogP contribution in [0.25, 0.3) is 0 Å². The Hall–Kier alpha value is -1.00. The van der Waals surface area contributed by atoms with Crippen molar-refractivity contribution in [2.45, 2.75) is 25.9 Å². The minimum absolute atomic E-state index is 0.0698. The van der Waals surface area contributed by atoms with Crippen molar-refractivity contribution in [3.8, 4) is 0 Å². The maximum atomic E-state index is 11.6. The van der Waals surface area contributed by atoms with Gasteiger partial charge in [0.25, 0.3) is 0 Å². The van der Waals surface area contributed by atoms with Gasteiger partial charge in [0.05, 0.1) is 6.04 Å². The van der Waals surface area contributed by atoms with E-state index in [9.17, 15) is 4.79 Å². The van der Waals surface area contributed by atoms with E-state index in [1.807, 2.05) is 37.4 Å². The predicted molar refractivity (Wildman–Crippen MR) is 74.0 cm³/mol. The fraction of sp³-hybridized carbons (Fsp3) is 0.462. The van der Waals surface area contributed by atoms with Gasteiger partial charge in [0, 0.05) is 6.54 Å². The largest absolute Gasteiger partial charge is 0.351 e. The highest BCUT2D eigenvalue weighted by Gasteiger charge is 2.11. The van der Waals surface area contributed by atoms with Gasteiger partial charge in [0.1, 0.15) is 0 Å². The summed E-state index contributed by atoms with van der Waals surface area (Å²) in [6.45, 7) is 2.59. The number of hydrogen-bond donors (Lipinski definition) is 2. The monoisotopic (exact) mass is 252 g/mol. The van der Waals surface area contributed by atoms with Crippen molar-refractivity contribution >= 4 is 17.7 Å². The second-order valence-electron chi connectivity index (χ2n) is 4.09. The molecular formula is C13H20N2OS. The molecule has 0 bridgehead atoms. The topological polar surface area (TPSA) is 55.1 Å². The zero-order valence-corrected chi connectivity index (χ0v) is 11.2. The third-order valence-electron chi connectivity index (χ3n) is 2.56. The molecular weight excluding hydrogens is 232 g/mol. The van der Waals surface area contributed by atoms with Crippen molar-refractivity contribution < 1.29 is 4.79 Å². The van der Waals surface area contributed by atoms with Gasteiger partial charge in [0.15, 0.2) is 0 Å². The lowest BCUT2D eigenvalue weighted by molar-refractivity contribution is -0.122. The van der Waals surface area contributed by atoms with Gasteiger partial charge in [-0.2, -0.15) is 11.8 Å². The molecule has 1 atom stereocenters. The summed E-state index contributed by atoms with van der Waals surface area (Å²) in [6.07, 6.45) is 2.73. The Morgan fingerprint density at radius 3 is 2.65 bits per heavy atom. The quantitative estimate of drug-likeness (QED) is 0.810. The Labute approximate surface area is 107 Å². The summed E-state index contributed by atoms with van der Waals surface area (Å²) in [5, 5.41) is 2.85. The van der Waals surface area contributed by atoms with Crippen molar-refractivity contribution in [1.29, 1.82) is 0 Å². The molecule has 3 nitrogen and oxygen atoms in total. The number of hydrogen-bond acceptors (Lipinski definition) is 3. The van der Waals surface area contributed by atoms with Crippen LogP contribution in [0.15, 0.2) is 24.3 Å². The average molecular weight is 252 g/mol. The molecule has 0 aromatic heterocycles. The molecule has 0 heterocycles. The Bertz CT molecular complexity index is 351. The molecule has 17 heavy (non-hydrogen) atoms. The summed E-state index contributed by atoms with van der Waals surface area (Å²) in [6, 6.07) is 7.71. The normalized spacial score (nSPS) is 12.2. The summed E-state index contributed by atoms with van der Waals surface area (Å²) >= 11 is 1.70. The van der Waals surface area contributed by atoms with Gasteiger partial charge in [0.2, 0.25) is 5.91 Å². The summed E-state index contributed by atoms with van der Waals surface area (Å²) in [5.41, 5.74) is 8.08. The van der Waals surface area contributed by atoms with Crippen LogP contribution < -0.4 is 11.1 Å². The van der Waals surface area contributed by atoms with E-state index in [0.717, 1.165) is 17.7 Å². The fourth-order valence-corrected chi connectivity index (χ4v) is 1.89. The van der Waals surface area contributed by atoms with E-state index >= 15 is 0 Å². The van der Waals surface area contributed by atoms with Crippen LogP contribution in [-0.4, -0.2) is 24.0 Å². The number of carbonyl (C=O) groups excluding carboxylic acids is 1. The van der Waals surface area contributed by atoms with Gasteiger partial charge in [-0.1, -0.05) is 29.8 Å². The number of thioether (sulfide) groups is 1. The molecule has 0 spiro atoms. The third kappa shape index (κ3) is 5.24. The second kappa shape index (κ2) is 7.35. The molecule has 0 radical (unpaired) electrons. The van der Waals surface area contributed by atoms with E-state index in [1.54, 1.807) is 11.8 Å². The summed E-state index contributed by atoms with van der Waals surface area (Å²) in [4.78, 5) is 11.6. The van der Waals surface area contributed by atoms with Gasteiger partial charge in [-0.15, -0.1) is 0 Å². The van der Waals surface area contributed by atoms with Crippen LogP contribution in [0.5, 0.6) is 0 Å². The van der Waals surface area contributed by atoms with Gasteiger partial charge < -0.3 is 11.1 Å². The lowest BCUT2D eigenvalue weighted by atomic mass is 10.1. The smallest absolute Gasteiger partial charge is 0.237 e. The number of rotatable bonds is 6. The first-order valence-electron chi connectivity index (χ1n) is 5.71. The van der Waals surface area contributed by atoms with Crippen LogP contribution in [0.4, 0.5) is 0 Å². The molecule has 0 aliphatic heterocycles. The van der Waals surface area contributed by atoms with Gasteiger partial charge in [-0.3, -0.25) is 4.79 Å². The summed E-state index contributed by atoms with van der Waals surface area (Å²) in [7, 11) is 0. The minimum atomic E-state index is -0.395. The summed E-state index contributed by atoms with van der Waals surface area (Å²) in [5.74, 6) is 0.846. The van der Waals surface area contributed by atoms with Crippen LogP contribution in [-0.2, 0) is 11.3 Å². The highest BCUT2D eigenvalue weighted by molar-refractivity contribution is 7.98. The third-order valence-corrected chi connectivity index (χ3v) is 3.20. The van der Waals surface area contributed by atoms with E-state index in [1.165, 1.54) is 5.56 Å². The lowest BCUT2D eigenvalue weighted by Gasteiger charge is -2.11. The molecule has 1 rings (SSSR count). The van der Waals surface area contributed by atoms with E-state index < -0.39 is 6.04 Å². The Kier molecular flexibility index (Phi) is 6.08. The first-order chi connectivity index (χ1) is 8.13. The van der Waals surface area contributed by atoms with Crippen LogP contribution in [0.3, 0.4) is 0 Å². The van der Waals surface area contributed by atoms with Crippen LogP contribution >= 0.6 is 11.8 Å². The summed E-state index contributed by atoms with van der Waals surface area (Å²) < 4.78 is 0. The molecule has 1 aromatic rings. The van der Waals surface area contributed by atoms with E-state index in [4.69, 9.17) is 5.73 Å². The van der Waals surface area contributed by atoms with Crippen molar-refractivity contribution in [2.24, 2.45) is 5.73 Å². The number of carbonyl (C=O) groups is 1. The van der Waals surface area contributed by atoms with Crippen molar-refractivity contribution in [1.82, 2.24) is 5.32 Å². The van der Waals surface area contributed by atoms with E-state index in [-0.39, 0.29) is 5.91 Å². The molecule has 4 heteroatoms. The maximum absolute atomic E-state index is 11.6. The first-order valence-corrected chi connectivity index (χ1v) is 7.10. The van der Waals surface area contributed by atoms with Crippen LogP contribution in [0.2, 0.25) is 0 Å². The van der Waals surface area contributed by atoms with Crippen LogP contribution in [0.1, 0.15) is 17.5 Å². The highest BCUT2D eigenvalue weighted by Crippen LogP contribution is 2.03. The van der Waals surface area contributed by atoms with Crippen LogP contribution in [0, 0.1) is 6.92 Å². The zero-order valence-electron chi connectivity index (χ0n) is 10.4. The molecule has 0 saturated heterocycles. The van der Waals surface area contributed by atoms with Gasteiger partial charge in [-0.25, -0.2) is 0 Å². The Morgan fingerprint density at radius 2 is 2.06 bits per heavy atom. The average Bonchev–Trinajstić information content (AvgIpc) is 2.34. The van der Waals surface area contributed by atoms with Gasteiger partial charge in [-0.05, 0) is 30.9 Å². The van der Waals surface area contributed by atoms with E-state index in [0.29, 0.717) is 6.54 Å². The molecule has 3 N–H and O–H groups in total. The Balaban J connectivity index is 2.34. The fourth-order valence-electron chi connectivity index (χ4n) is 1.40. The predicted octanol–water partition coefficient (Wildman–Crippen LogP) is 1.69. The molecule has 1 aromatic carbocycles. The molecule has 0 aliphatic carbocycles. The number of aryl methyl sites for hydroxylation is 1. The minimum Gasteiger partial charge on any atom is -0.351 e. The number of nitrogens with one attached hydrogen (secondary N) is 1. The highest BCUT2D eigenvalue weighted by atomic mass is 32.2. The SMILES string of the molecule is CSCC[C@H](N)C(=O)NCc1ccc(C)cc1. The van der Waals surface area contributed by atoms with Crippen molar-refractivity contribution in [2.75, 3.05) is 12.0 Å². The zero-order chi connectivity index (χ0) is 12.7. The number of amides is 1. The van der Waals surface area contributed by atoms with Crippen molar-refractivity contribution in [3.05, 3.63) is 35.4 Å². The Morgan fingerprint density at radius 1 is 1.41 bits per heavy atom. The second-order valence-corrected chi connectivity index (χ2v) is 5.08. The molecule has 1 amide bonds. The number of benzene rings is 1. The van der Waals surface area contributed by atoms with Gasteiger partial charge >= 0.3 is 0 Å². The molecule has 0 aliphatic rings. The maximum Gasteiger partial charge on any atom is 0.237 e. The molecule has 94 valence electrons. The first kappa shape index (κ1) is 14.1. The van der Waals surface area contributed by atoms with Crippen molar-refractivity contribution in [3.63, 3.8) is 0 Å². The molecule has 0 saturated carbocycles.